The quantitative estimate of drug-likeness (QED) is 0.390. The Morgan fingerprint density at radius 3 is 2.71 bits per heavy atom. The molecule has 0 atom stereocenters. The Labute approximate surface area is 124 Å². The summed E-state index contributed by atoms with van der Waals surface area (Å²) in [7, 11) is 0. The molecule has 5 nitrogen and oxygen atoms in total. The Morgan fingerprint density at radius 2 is 2.05 bits per heavy atom. The van der Waals surface area contributed by atoms with Crippen LogP contribution >= 0.6 is 0 Å². The lowest BCUT2D eigenvalue weighted by Crippen LogP contribution is -2.14. The summed E-state index contributed by atoms with van der Waals surface area (Å²) in [6.07, 6.45) is 0. The van der Waals surface area contributed by atoms with Crippen molar-refractivity contribution in [3.63, 3.8) is 0 Å². The second kappa shape index (κ2) is 6.26. The first-order chi connectivity index (χ1) is 10.0. The molecule has 0 radical (unpaired) electrons. The van der Waals surface area contributed by atoms with E-state index in [1.807, 2.05) is 19.1 Å². The van der Waals surface area contributed by atoms with E-state index in [2.05, 4.69) is 30.1 Å². The summed E-state index contributed by atoms with van der Waals surface area (Å²) >= 11 is 0. The molecule has 21 heavy (non-hydrogen) atoms. The van der Waals surface area contributed by atoms with Crippen molar-refractivity contribution in [1.29, 1.82) is 0 Å². The molecule has 0 aliphatic heterocycles. The molecule has 0 saturated carbocycles. The van der Waals surface area contributed by atoms with Gasteiger partial charge in [0.05, 0.1) is 0 Å². The Hall–Kier alpha value is -2.56. The van der Waals surface area contributed by atoms with Gasteiger partial charge < -0.3 is 15.7 Å². The maximum atomic E-state index is 8.69. The molecule has 0 aliphatic rings. The number of hydrogen-bond acceptors (Lipinski definition) is 4. The van der Waals surface area contributed by atoms with Crippen LogP contribution in [0.1, 0.15) is 36.6 Å². The fraction of sp³-hybridized carbons (Fsp3) is 0.250. The number of aryl methyl sites for hydroxylation is 1. The van der Waals surface area contributed by atoms with Crippen LogP contribution in [0.5, 0.6) is 11.6 Å². The minimum Gasteiger partial charge on any atom is -0.439 e. The third kappa shape index (κ3) is 3.51. The van der Waals surface area contributed by atoms with E-state index >= 15 is 0 Å². The zero-order chi connectivity index (χ0) is 15.4. The molecule has 0 aliphatic carbocycles. The van der Waals surface area contributed by atoms with Gasteiger partial charge in [0.15, 0.2) is 5.84 Å². The second-order valence-corrected chi connectivity index (χ2v) is 5.13. The number of nitrogens with two attached hydrogens (primary N) is 1. The molecule has 0 unspecified atom stereocenters. The van der Waals surface area contributed by atoms with E-state index in [0.717, 1.165) is 11.3 Å². The van der Waals surface area contributed by atoms with Crippen molar-refractivity contribution >= 4 is 5.84 Å². The zero-order valence-electron chi connectivity index (χ0n) is 12.4. The molecule has 0 spiro atoms. The lowest BCUT2D eigenvalue weighted by atomic mass is 10.0. The van der Waals surface area contributed by atoms with Crippen molar-refractivity contribution in [2.24, 2.45) is 10.9 Å². The van der Waals surface area contributed by atoms with Crippen molar-refractivity contribution in [3.05, 3.63) is 53.2 Å². The van der Waals surface area contributed by atoms with E-state index < -0.39 is 0 Å². The van der Waals surface area contributed by atoms with E-state index in [-0.39, 0.29) is 5.84 Å². The predicted octanol–water partition coefficient (Wildman–Crippen LogP) is 3.40. The number of pyridine rings is 1. The van der Waals surface area contributed by atoms with Gasteiger partial charge in [-0.05, 0) is 36.1 Å². The molecule has 1 heterocycles. The molecule has 0 bridgehead atoms. The van der Waals surface area contributed by atoms with E-state index in [1.54, 1.807) is 18.2 Å². The van der Waals surface area contributed by atoms with E-state index in [9.17, 15) is 0 Å². The van der Waals surface area contributed by atoms with Crippen molar-refractivity contribution in [1.82, 2.24) is 4.98 Å². The van der Waals surface area contributed by atoms with E-state index in [0.29, 0.717) is 17.5 Å². The molecule has 2 aromatic rings. The number of ether oxygens (including phenoxy) is 1. The highest BCUT2D eigenvalue weighted by Crippen LogP contribution is 2.27. The average molecular weight is 285 g/mol. The van der Waals surface area contributed by atoms with Crippen LogP contribution in [0.25, 0.3) is 0 Å². The number of benzene rings is 1. The summed E-state index contributed by atoms with van der Waals surface area (Å²) in [6, 6.07) is 11.3. The average Bonchev–Trinajstić information content (AvgIpc) is 2.48. The number of nitrogens with zero attached hydrogens (tertiary/aromatic N) is 2. The second-order valence-electron chi connectivity index (χ2n) is 5.13. The van der Waals surface area contributed by atoms with Gasteiger partial charge in [-0.25, -0.2) is 4.98 Å². The van der Waals surface area contributed by atoms with Crippen LogP contribution in [0.2, 0.25) is 0 Å². The first-order valence-electron chi connectivity index (χ1n) is 6.74. The monoisotopic (exact) mass is 285 g/mol. The van der Waals surface area contributed by atoms with Crippen molar-refractivity contribution in [3.8, 4) is 11.6 Å². The molecular weight excluding hydrogens is 266 g/mol. The lowest BCUT2D eigenvalue weighted by Gasteiger charge is -2.12. The molecule has 0 fully saturated rings. The molecule has 3 N–H and O–H groups in total. The summed E-state index contributed by atoms with van der Waals surface area (Å²) in [4.78, 5) is 4.22. The summed E-state index contributed by atoms with van der Waals surface area (Å²) in [5.41, 5.74) is 8.12. The largest absolute Gasteiger partial charge is 0.439 e. The third-order valence-electron chi connectivity index (χ3n) is 3.19. The van der Waals surface area contributed by atoms with Crippen LogP contribution in [0, 0.1) is 6.92 Å². The molecule has 110 valence electrons. The SMILES string of the molecule is Cc1ccc(C(C)C)cc1Oc1cccc(C(N)=NO)n1. The Balaban J connectivity index is 2.32. The normalized spacial score (nSPS) is 11.7. The minimum absolute atomic E-state index is 0.0481. The number of oxime groups is 1. The van der Waals surface area contributed by atoms with Crippen LogP contribution in [0.3, 0.4) is 0 Å². The van der Waals surface area contributed by atoms with Gasteiger partial charge >= 0.3 is 0 Å². The van der Waals surface area contributed by atoms with E-state index in [4.69, 9.17) is 15.7 Å². The van der Waals surface area contributed by atoms with Gasteiger partial charge in [-0.1, -0.05) is 37.2 Å². The first kappa shape index (κ1) is 14.8. The zero-order valence-corrected chi connectivity index (χ0v) is 12.4. The van der Waals surface area contributed by atoms with Gasteiger partial charge in [0, 0.05) is 6.07 Å². The Bertz CT molecular complexity index is 666. The summed E-state index contributed by atoms with van der Waals surface area (Å²) in [5, 5.41) is 11.6. The fourth-order valence-corrected chi connectivity index (χ4v) is 1.86. The highest BCUT2D eigenvalue weighted by atomic mass is 16.5. The maximum Gasteiger partial charge on any atom is 0.219 e. The number of hydrogen-bond donors (Lipinski definition) is 2. The van der Waals surface area contributed by atoms with Gasteiger partial charge in [-0.3, -0.25) is 0 Å². The topological polar surface area (TPSA) is 80.7 Å². The van der Waals surface area contributed by atoms with Gasteiger partial charge in [-0.15, -0.1) is 0 Å². The Morgan fingerprint density at radius 1 is 1.29 bits per heavy atom. The molecule has 5 heteroatoms. The van der Waals surface area contributed by atoms with Crippen LogP contribution in [0.4, 0.5) is 0 Å². The third-order valence-corrected chi connectivity index (χ3v) is 3.19. The van der Waals surface area contributed by atoms with Gasteiger partial charge in [0.1, 0.15) is 11.4 Å². The van der Waals surface area contributed by atoms with Crippen LogP contribution in [-0.2, 0) is 0 Å². The predicted molar refractivity (Wildman–Crippen MR) is 82.1 cm³/mol. The molecule has 0 amide bonds. The van der Waals surface area contributed by atoms with Gasteiger partial charge in [-0.2, -0.15) is 0 Å². The Kier molecular flexibility index (Phi) is 4.42. The number of amidine groups is 1. The van der Waals surface area contributed by atoms with Gasteiger partial charge in [0.25, 0.3) is 0 Å². The first-order valence-corrected chi connectivity index (χ1v) is 6.74. The molecule has 0 saturated heterocycles. The van der Waals surface area contributed by atoms with Crippen LogP contribution in [0.15, 0.2) is 41.6 Å². The van der Waals surface area contributed by atoms with E-state index in [1.165, 1.54) is 5.56 Å². The smallest absolute Gasteiger partial charge is 0.219 e. The van der Waals surface area contributed by atoms with Crippen molar-refractivity contribution < 1.29 is 9.94 Å². The molecular formula is C16H19N3O2. The summed E-state index contributed by atoms with van der Waals surface area (Å²) in [6.45, 7) is 6.24. The highest BCUT2D eigenvalue weighted by molar-refractivity contribution is 5.95. The molecule has 1 aromatic carbocycles. The van der Waals surface area contributed by atoms with Crippen molar-refractivity contribution in [2.75, 3.05) is 0 Å². The lowest BCUT2D eigenvalue weighted by molar-refractivity contribution is 0.318. The molecule has 2 rings (SSSR count). The van der Waals surface area contributed by atoms with Crippen LogP contribution in [-0.4, -0.2) is 16.0 Å². The van der Waals surface area contributed by atoms with Gasteiger partial charge in [0.2, 0.25) is 5.88 Å². The molecule has 1 aromatic heterocycles. The van der Waals surface area contributed by atoms with Crippen molar-refractivity contribution in [2.45, 2.75) is 26.7 Å². The summed E-state index contributed by atoms with van der Waals surface area (Å²) < 4.78 is 5.83. The fourth-order valence-electron chi connectivity index (χ4n) is 1.86. The number of rotatable bonds is 4. The maximum absolute atomic E-state index is 8.69. The standard InChI is InChI=1S/C16H19N3O2/c1-10(2)12-8-7-11(3)14(9-12)21-15-6-4-5-13(18-15)16(17)19-20/h4-10,20H,1-3H3,(H2,17,19). The minimum atomic E-state index is -0.0481. The van der Waals surface area contributed by atoms with Crippen LogP contribution < -0.4 is 10.5 Å². The number of aromatic nitrogens is 1. The highest BCUT2D eigenvalue weighted by Gasteiger charge is 2.08. The summed E-state index contributed by atoms with van der Waals surface area (Å²) in [5.74, 6) is 1.53.